The Balaban J connectivity index is 1.71. The summed E-state index contributed by atoms with van der Waals surface area (Å²) < 4.78 is 5.96. The van der Waals surface area contributed by atoms with Crippen molar-refractivity contribution < 1.29 is 34.1 Å². The smallest absolute Gasteiger partial charge is 0.328 e. The zero-order valence-corrected chi connectivity index (χ0v) is 21.0. The van der Waals surface area contributed by atoms with Crippen molar-refractivity contribution in [3.63, 3.8) is 0 Å². The van der Waals surface area contributed by atoms with Gasteiger partial charge in [-0.25, -0.2) is 9.59 Å². The molecule has 0 aliphatic carbocycles. The number of rotatable bonds is 8. The van der Waals surface area contributed by atoms with Gasteiger partial charge in [-0.3, -0.25) is 19.8 Å². The number of nitrogens with one attached hydrogen (secondary N) is 1. The molecule has 10 nitrogen and oxygen atoms in total. The minimum absolute atomic E-state index is 0.133. The van der Waals surface area contributed by atoms with Gasteiger partial charge in [-0.05, 0) is 31.4 Å². The lowest BCUT2D eigenvalue weighted by atomic mass is 9.81. The maximum Gasteiger partial charge on any atom is 0.328 e. The molecule has 4 amide bonds. The van der Waals surface area contributed by atoms with E-state index < -0.39 is 54.1 Å². The van der Waals surface area contributed by atoms with Crippen LogP contribution in [-0.4, -0.2) is 80.9 Å². The molecular weight excluding hydrogens is 478 g/mol. The van der Waals surface area contributed by atoms with E-state index in [1.165, 1.54) is 9.80 Å². The van der Waals surface area contributed by atoms with E-state index in [9.17, 15) is 29.4 Å². The Kier molecular flexibility index (Phi) is 7.44. The van der Waals surface area contributed by atoms with Gasteiger partial charge in [-0.15, -0.1) is 0 Å². The van der Waals surface area contributed by atoms with E-state index in [0.717, 1.165) is 0 Å². The first-order valence-electron chi connectivity index (χ1n) is 12.2. The van der Waals surface area contributed by atoms with Gasteiger partial charge in [-0.2, -0.15) is 0 Å². The monoisotopic (exact) mass is 509 g/mol. The third kappa shape index (κ3) is 4.87. The predicted molar refractivity (Wildman–Crippen MR) is 133 cm³/mol. The van der Waals surface area contributed by atoms with Gasteiger partial charge in [-0.1, -0.05) is 55.5 Å². The van der Waals surface area contributed by atoms with Gasteiger partial charge in [0, 0.05) is 24.1 Å². The van der Waals surface area contributed by atoms with E-state index in [-0.39, 0.29) is 17.8 Å². The molecule has 2 aromatic rings. The molecule has 1 unspecified atom stereocenters. The van der Waals surface area contributed by atoms with Crippen LogP contribution in [0.15, 0.2) is 48.5 Å². The standard InChI is InChI=1S/C27H31N3O7/c1-4-13-29-15-30(26(35)28-25(29)34)20-14-27(36,23(33)19-12-8-6-10-17(19)3)24(37-20)22(32)21(31)18-11-7-5-9-16(18)2/h5-12,20,22,24,32,36H,4,13-15H2,1-3H3,(H,28,34,35)/t20-,22?,24-,27-/m1/s1. The van der Waals surface area contributed by atoms with Crippen LogP contribution in [0.5, 0.6) is 0 Å². The number of imide groups is 1. The van der Waals surface area contributed by atoms with Gasteiger partial charge in [0.2, 0.25) is 0 Å². The summed E-state index contributed by atoms with van der Waals surface area (Å²) in [7, 11) is 0. The van der Waals surface area contributed by atoms with E-state index in [4.69, 9.17) is 4.74 Å². The molecule has 3 N–H and O–H groups in total. The highest BCUT2D eigenvalue weighted by molar-refractivity contribution is 6.06. The topological polar surface area (TPSA) is 136 Å². The number of Topliss-reactive ketones (excluding diaryl/α,β-unsaturated/α-hetero) is 2. The first-order valence-corrected chi connectivity index (χ1v) is 12.2. The molecular formula is C27H31N3O7. The first kappa shape index (κ1) is 26.5. The van der Waals surface area contributed by atoms with Crippen molar-refractivity contribution in [2.24, 2.45) is 0 Å². The maximum absolute atomic E-state index is 13.7. The van der Waals surface area contributed by atoms with Crippen LogP contribution >= 0.6 is 0 Å². The molecule has 0 aromatic heterocycles. The number of carbonyl (C=O) groups excluding carboxylic acids is 4. The van der Waals surface area contributed by atoms with Gasteiger partial charge < -0.3 is 19.8 Å². The number of aryl methyl sites for hydroxylation is 2. The van der Waals surface area contributed by atoms with E-state index in [2.05, 4.69) is 5.32 Å². The zero-order valence-electron chi connectivity index (χ0n) is 21.0. The quantitative estimate of drug-likeness (QED) is 0.465. The number of ketones is 2. The summed E-state index contributed by atoms with van der Waals surface area (Å²) in [4.78, 5) is 54.5. The highest BCUT2D eigenvalue weighted by atomic mass is 16.6. The van der Waals surface area contributed by atoms with Gasteiger partial charge in [0.05, 0.1) is 0 Å². The van der Waals surface area contributed by atoms with Crippen molar-refractivity contribution in [1.29, 1.82) is 0 Å². The molecule has 10 heteroatoms. The van der Waals surface area contributed by atoms with E-state index in [1.54, 1.807) is 62.4 Å². The molecule has 2 saturated heterocycles. The van der Waals surface area contributed by atoms with Crippen molar-refractivity contribution in [3.8, 4) is 0 Å². The number of ether oxygens (including phenoxy) is 1. The maximum atomic E-state index is 13.7. The highest BCUT2D eigenvalue weighted by Gasteiger charge is 2.59. The Bertz CT molecular complexity index is 1230. The molecule has 4 atom stereocenters. The number of aliphatic hydroxyl groups excluding tert-OH is 1. The average molecular weight is 510 g/mol. The van der Waals surface area contributed by atoms with Crippen LogP contribution in [0.25, 0.3) is 0 Å². The molecule has 2 aromatic carbocycles. The molecule has 2 heterocycles. The summed E-state index contributed by atoms with van der Waals surface area (Å²) in [6.07, 6.45) is -4.50. The number of hydrogen-bond acceptors (Lipinski definition) is 7. The second-order valence-corrected chi connectivity index (χ2v) is 9.52. The molecule has 2 fully saturated rings. The number of carbonyl (C=O) groups is 4. The van der Waals surface area contributed by atoms with Crippen molar-refractivity contribution in [2.75, 3.05) is 13.2 Å². The summed E-state index contributed by atoms with van der Waals surface area (Å²) in [5.74, 6) is -1.45. The molecule has 2 aliphatic heterocycles. The predicted octanol–water partition coefficient (Wildman–Crippen LogP) is 2.39. The Labute approximate surface area is 214 Å². The summed E-state index contributed by atoms with van der Waals surface area (Å²) >= 11 is 0. The van der Waals surface area contributed by atoms with Gasteiger partial charge in [0.1, 0.15) is 25.1 Å². The molecule has 0 spiro atoms. The second-order valence-electron chi connectivity index (χ2n) is 9.52. The lowest BCUT2D eigenvalue weighted by Crippen LogP contribution is -2.62. The van der Waals surface area contributed by atoms with Gasteiger partial charge in [0.15, 0.2) is 17.2 Å². The van der Waals surface area contributed by atoms with Gasteiger partial charge in [0.25, 0.3) is 0 Å². The lowest BCUT2D eigenvalue weighted by molar-refractivity contribution is -0.105. The molecule has 196 valence electrons. The molecule has 0 saturated carbocycles. The van der Waals surface area contributed by atoms with Crippen LogP contribution in [0, 0.1) is 13.8 Å². The fourth-order valence-corrected chi connectivity index (χ4v) is 4.88. The van der Waals surface area contributed by atoms with E-state index in [0.29, 0.717) is 24.1 Å². The summed E-state index contributed by atoms with van der Waals surface area (Å²) in [6.45, 7) is 5.53. The molecule has 0 bridgehead atoms. The lowest BCUT2D eigenvalue weighted by Gasteiger charge is -2.38. The van der Waals surface area contributed by atoms with E-state index >= 15 is 0 Å². The van der Waals surface area contributed by atoms with Crippen molar-refractivity contribution in [3.05, 3.63) is 70.8 Å². The number of hydrogen-bond donors (Lipinski definition) is 3. The Hall–Kier alpha value is -3.60. The number of amides is 4. The van der Waals surface area contributed by atoms with Crippen LogP contribution in [0.2, 0.25) is 0 Å². The SMILES string of the molecule is CCCN1CN([C@H]2C[C@@](O)(C(=O)c3ccccc3C)[C@@H](C(O)C(=O)c3ccccc3C)O2)C(=O)NC1=O. The van der Waals surface area contributed by atoms with Crippen molar-refractivity contribution in [2.45, 2.75) is 57.6 Å². The third-order valence-corrected chi connectivity index (χ3v) is 6.94. The first-order chi connectivity index (χ1) is 17.6. The second kappa shape index (κ2) is 10.4. The van der Waals surface area contributed by atoms with Crippen LogP contribution in [0.1, 0.15) is 51.6 Å². The van der Waals surface area contributed by atoms with Crippen LogP contribution < -0.4 is 5.32 Å². The summed E-state index contributed by atoms with van der Waals surface area (Å²) in [5.41, 5.74) is -0.688. The molecule has 2 aliphatic rings. The zero-order chi connectivity index (χ0) is 26.9. The Morgan fingerprint density at radius 2 is 1.65 bits per heavy atom. The van der Waals surface area contributed by atoms with Crippen LogP contribution in [-0.2, 0) is 4.74 Å². The fraction of sp³-hybridized carbons (Fsp3) is 0.407. The minimum Gasteiger partial charge on any atom is -0.382 e. The number of aliphatic hydroxyl groups is 2. The average Bonchev–Trinajstić information content (AvgIpc) is 3.23. The summed E-state index contributed by atoms with van der Waals surface area (Å²) in [6, 6.07) is 12.0. The Morgan fingerprint density at radius 1 is 1.05 bits per heavy atom. The molecule has 0 radical (unpaired) electrons. The Morgan fingerprint density at radius 3 is 2.24 bits per heavy atom. The number of urea groups is 2. The fourth-order valence-electron chi connectivity index (χ4n) is 4.88. The summed E-state index contributed by atoms with van der Waals surface area (Å²) in [5, 5.41) is 25.2. The third-order valence-electron chi connectivity index (χ3n) is 6.94. The van der Waals surface area contributed by atoms with E-state index in [1.807, 2.05) is 6.92 Å². The number of nitrogens with zero attached hydrogens (tertiary/aromatic N) is 2. The highest BCUT2D eigenvalue weighted by Crippen LogP contribution is 2.39. The van der Waals surface area contributed by atoms with Gasteiger partial charge >= 0.3 is 12.1 Å². The largest absolute Gasteiger partial charge is 0.382 e. The van der Waals surface area contributed by atoms with Crippen molar-refractivity contribution >= 4 is 23.6 Å². The molecule has 37 heavy (non-hydrogen) atoms. The van der Waals surface area contributed by atoms with Crippen LogP contribution in [0.4, 0.5) is 9.59 Å². The number of benzene rings is 2. The minimum atomic E-state index is -2.33. The normalized spacial score (nSPS) is 24.7. The van der Waals surface area contributed by atoms with Crippen LogP contribution in [0.3, 0.4) is 0 Å². The molecule has 4 rings (SSSR count). The van der Waals surface area contributed by atoms with Crippen molar-refractivity contribution in [1.82, 2.24) is 15.1 Å².